The van der Waals surface area contributed by atoms with Gasteiger partial charge in [-0.05, 0) is 11.8 Å². The maximum absolute atomic E-state index is 3.30. The molecule has 4 aromatic rings. The average Bonchev–Trinajstić information content (AvgIpc) is 3.59. The van der Waals surface area contributed by atoms with Crippen LogP contribution in [-0.4, -0.2) is 3.21 Å². The summed E-state index contributed by atoms with van der Waals surface area (Å²) in [7, 11) is 0. The molecule has 0 aliphatic heterocycles. The molecule has 2 aliphatic carbocycles. The molecule has 0 amide bonds. The zero-order chi connectivity index (χ0) is 25.4. The second kappa shape index (κ2) is 12.4. The van der Waals surface area contributed by atoms with Crippen LogP contribution in [0.15, 0.2) is 121 Å². The minimum atomic E-state index is 0.299. The van der Waals surface area contributed by atoms with Gasteiger partial charge in [0.2, 0.25) is 0 Å². The summed E-state index contributed by atoms with van der Waals surface area (Å²) >= 11 is 1.46. The number of fused-ring (bicyclic) bond motifs is 3. The third-order valence-electron chi connectivity index (χ3n) is 6.24. The zero-order valence-electron chi connectivity index (χ0n) is 21.4. The van der Waals surface area contributed by atoms with Crippen molar-refractivity contribution in [1.29, 1.82) is 0 Å². The zero-order valence-corrected chi connectivity index (χ0v) is 23.8. The van der Waals surface area contributed by atoms with Gasteiger partial charge in [0.25, 0.3) is 0 Å². The van der Waals surface area contributed by atoms with Crippen LogP contribution in [-0.2, 0) is 30.7 Å². The number of hydrogen-bond donors (Lipinski definition) is 0. The van der Waals surface area contributed by atoms with Gasteiger partial charge in [-0.15, -0.1) is 12.0 Å². The van der Waals surface area contributed by atoms with E-state index in [1.807, 2.05) is 6.07 Å². The van der Waals surface area contributed by atoms with E-state index in [4.69, 9.17) is 0 Å². The molecule has 2 aliphatic rings. The first-order valence-electron chi connectivity index (χ1n) is 12.5. The predicted molar refractivity (Wildman–Crippen MR) is 150 cm³/mol. The summed E-state index contributed by atoms with van der Waals surface area (Å²) in [5.74, 6) is 0. The monoisotopic (exact) mass is 542 g/mol. The van der Waals surface area contributed by atoms with E-state index in [0.29, 0.717) is 5.41 Å². The molecule has 4 aromatic carbocycles. The van der Waals surface area contributed by atoms with Gasteiger partial charge in [-0.3, -0.25) is 6.08 Å². The van der Waals surface area contributed by atoms with Gasteiger partial charge in [-0.1, -0.05) is 56.2 Å². The molecule has 1 heteroatoms. The van der Waals surface area contributed by atoms with Crippen molar-refractivity contribution in [3.63, 3.8) is 0 Å². The van der Waals surface area contributed by atoms with Crippen LogP contribution in [0.5, 0.6) is 0 Å². The molecule has 36 heavy (non-hydrogen) atoms. The predicted octanol–water partition coefficient (Wildman–Crippen LogP) is 8.58. The Balaban J connectivity index is 0.000000130. The Labute approximate surface area is 231 Å². The molecule has 6 rings (SSSR count). The van der Waals surface area contributed by atoms with Crippen molar-refractivity contribution in [2.75, 3.05) is 0 Å². The number of benzene rings is 4. The fraction of sp³-hybridized carbons (Fsp3) is 0.171. The molecule has 0 nitrogen and oxygen atoms in total. The van der Waals surface area contributed by atoms with Crippen LogP contribution >= 0.6 is 0 Å². The van der Waals surface area contributed by atoms with Crippen LogP contribution in [0, 0.1) is 17.6 Å². The molecule has 0 spiro atoms. The van der Waals surface area contributed by atoms with Gasteiger partial charge in [-0.25, -0.2) is 11.6 Å². The van der Waals surface area contributed by atoms with E-state index in [9.17, 15) is 0 Å². The second-order valence-corrected chi connectivity index (χ2v) is 11.2. The van der Waals surface area contributed by atoms with Crippen LogP contribution < -0.4 is 0 Å². The van der Waals surface area contributed by atoms with Crippen LogP contribution in [0.3, 0.4) is 0 Å². The van der Waals surface area contributed by atoms with E-state index in [1.165, 1.54) is 66.4 Å². The summed E-state index contributed by atoms with van der Waals surface area (Å²) in [5.41, 5.74) is 9.82. The first kappa shape index (κ1) is 26.2. The van der Waals surface area contributed by atoms with Crippen LogP contribution in [0.4, 0.5) is 0 Å². The summed E-state index contributed by atoms with van der Waals surface area (Å²) in [6.45, 7) is 6.64. The molecular weight excluding hydrogens is 512 g/mol. The van der Waals surface area contributed by atoms with Gasteiger partial charge in [0.05, 0.1) is 0 Å². The third-order valence-corrected chi connectivity index (χ3v) is 7.66. The average molecular weight is 544 g/mol. The van der Waals surface area contributed by atoms with Crippen molar-refractivity contribution < 1.29 is 24.2 Å². The minimum Gasteiger partial charge on any atom is -0.179 e. The van der Waals surface area contributed by atoms with Crippen molar-refractivity contribution in [1.82, 2.24) is 0 Å². The Morgan fingerprint density at radius 2 is 1.31 bits per heavy atom. The Morgan fingerprint density at radius 3 is 1.86 bits per heavy atom. The molecule has 0 bridgehead atoms. The Hall–Kier alpha value is -2.89. The summed E-state index contributed by atoms with van der Waals surface area (Å²) < 4.78 is 1.42. The van der Waals surface area contributed by atoms with E-state index < -0.39 is 0 Å². The summed E-state index contributed by atoms with van der Waals surface area (Å²) in [5, 5.41) is 0. The Morgan fingerprint density at radius 1 is 0.722 bits per heavy atom. The van der Waals surface area contributed by atoms with Gasteiger partial charge < -0.3 is 0 Å². The molecule has 0 N–H and O–H groups in total. The molecule has 0 aromatic heterocycles. The van der Waals surface area contributed by atoms with Crippen molar-refractivity contribution in [3.8, 4) is 11.1 Å². The van der Waals surface area contributed by atoms with Gasteiger partial charge in [0.1, 0.15) is 0 Å². The second-order valence-electron chi connectivity index (χ2n) is 9.95. The van der Waals surface area contributed by atoms with Crippen LogP contribution in [0.1, 0.15) is 49.4 Å². The summed E-state index contributed by atoms with van der Waals surface area (Å²) in [6.07, 6.45) is 9.68. The van der Waals surface area contributed by atoms with Crippen molar-refractivity contribution >= 4 is 3.21 Å². The van der Waals surface area contributed by atoms with E-state index in [1.54, 1.807) is 0 Å². The standard InChI is InChI=1S/C13H9.C13H10.C9H13.Zr/c1-3-7-12-10(5-1)9-11-6-2-4-8-13(11)12;1-3-7-12(8-4-1)11-13-9-5-2-6-10-13;1-9(2,3)8-6-4-5-7-8;/h1-5,7-8H,9H2;1-10H;4,6H,5H2,1-3H3;/q-1;;-1;+2. The maximum atomic E-state index is 3.30. The SMILES string of the molecule is CC(C)(C)C1=[C-]CC=C1.[Zr+2]=[C](c1ccccc1)c1ccccc1.[c-]1cccc2c1Cc1ccccc1-2. The quantitative estimate of drug-likeness (QED) is 0.196. The molecule has 0 unspecified atom stereocenters. The molecule has 0 saturated carbocycles. The largest absolute Gasteiger partial charge is 0.179 e. The van der Waals surface area contributed by atoms with E-state index >= 15 is 0 Å². The third kappa shape index (κ3) is 6.86. The smallest absolute Gasteiger partial charge is 0.0253 e. The van der Waals surface area contributed by atoms with Gasteiger partial charge in [0.15, 0.2) is 0 Å². The van der Waals surface area contributed by atoms with Gasteiger partial charge in [-0.2, -0.15) is 35.9 Å². The van der Waals surface area contributed by atoms with Crippen molar-refractivity contribution in [2.45, 2.75) is 33.6 Å². The molecule has 0 radical (unpaired) electrons. The van der Waals surface area contributed by atoms with Crippen LogP contribution in [0.25, 0.3) is 11.1 Å². The van der Waals surface area contributed by atoms with Gasteiger partial charge in [0, 0.05) is 0 Å². The van der Waals surface area contributed by atoms with Crippen molar-refractivity contribution in [2.24, 2.45) is 5.41 Å². The van der Waals surface area contributed by atoms with Gasteiger partial charge >= 0.3 is 99.2 Å². The minimum absolute atomic E-state index is 0.299. The summed E-state index contributed by atoms with van der Waals surface area (Å²) in [6, 6.07) is 39.2. The molecular formula is C35H32Zr. The van der Waals surface area contributed by atoms with Crippen molar-refractivity contribution in [3.05, 3.63) is 155 Å². The molecule has 0 atom stereocenters. The number of hydrogen-bond acceptors (Lipinski definition) is 0. The fourth-order valence-corrected chi connectivity index (χ4v) is 5.11. The van der Waals surface area contributed by atoms with Crippen LogP contribution in [0.2, 0.25) is 0 Å². The van der Waals surface area contributed by atoms with E-state index in [0.717, 1.165) is 12.8 Å². The maximum Gasteiger partial charge on any atom is -0.0253 e. The number of allylic oxidation sites excluding steroid dienone is 4. The van der Waals surface area contributed by atoms with E-state index in [2.05, 4.69) is 142 Å². The summed E-state index contributed by atoms with van der Waals surface area (Å²) in [4.78, 5) is 0. The molecule has 0 heterocycles. The normalized spacial score (nSPS) is 12.9. The first-order valence-corrected chi connectivity index (χ1v) is 13.7. The Kier molecular flexibility index (Phi) is 9.00. The molecule has 176 valence electrons. The van der Waals surface area contributed by atoms with E-state index in [-0.39, 0.29) is 0 Å². The molecule has 0 saturated heterocycles. The first-order chi connectivity index (χ1) is 17.4. The molecule has 0 fully saturated rings. The Bertz CT molecular complexity index is 1270. The number of rotatable bonds is 2. The topological polar surface area (TPSA) is 0 Å². The fourth-order valence-electron chi connectivity index (χ4n) is 4.29.